The van der Waals surface area contributed by atoms with E-state index in [0.29, 0.717) is 24.2 Å². The maximum atomic E-state index is 13.0. The van der Waals surface area contributed by atoms with Crippen LogP contribution in [0.5, 0.6) is 0 Å². The summed E-state index contributed by atoms with van der Waals surface area (Å²) < 4.78 is 18.3. The smallest absolute Gasteiger partial charge is 0.311 e. The van der Waals surface area contributed by atoms with Crippen LogP contribution >= 0.6 is 0 Å². The molecule has 0 spiro atoms. The van der Waals surface area contributed by atoms with Gasteiger partial charge in [-0.1, -0.05) is 39.0 Å². The number of carbonyl (C=O) groups excluding carboxylic acids is 1. The molecule has 1 fully saturated rings. The molecular weight excluding hydrogens is 432 g/mol. The first-order chi connectivity index (χ1) is 15.8. The third-order valence-electron chi connectivity index (χ3n) is 7.94. The number of hydrogen-bond donors (Lipinski definition) is 1. The second-order valence-corrected chi connectivity index (χ2v) is 11.8. The highest BCUT2D eigenvalue weighted by Crippen LogP contribution is 2.46. The van der Waals surface area contributed by atoms with E-state index in [1.165, 1.54) is 5.57 Å². The molecule has 2 aliphatic carbocycles. The van der Waals surface area contributed by atoms with Gasteiger partial charge in [0.05, 0.1) is 24.0 Å². The van der Waals surface area contributed by atoms with Crippen LogP contribution in [-0.2, 0) is 23.8 Å². The molecule has 0 amide bonds. The molecule has 3 rings (SSSR count). The summed E-state index contributed by atoms with van der Waals surface area (Å²) in [4.78, 5) is 24.3. The normalized spacial score (nSPS) is 35.3. The van der Waals surface area contributed by atoms with Gasteiger partial charge < -0.3 is 19.3 Å². The van der Waals surface area contributed by atoms with E-state index in [1.807, 2.05) is 34.6 Å². The van der Waals surface area contributed by atoms with E-state index >= 15 is 0 Å². The number of aliphatic carboxylic acids is 1. The average molecular weight is 477 g/mol. The van der Waals surface area contributed by atoms with Crippen molar-refractivity contribution in [1.29, 1.82) is 0 Å². The molecular formula is C28H44O6. The number of esters is 1. The first-order valence-electron chi connectivity index (χ1n) is 13.0. The van der Waals surface area contributed by atoms with Gasteiger partial charge in [0.15, 0.2) is 5.79 Å². The fourth-order valence-corrected chi connectivity index (χ4v) is 5.76. The van der Waals surface area contributed by atoms with Gasteiger partial charge in [-0.25, -0.2) is 0 Å². The van der Waals surface area contributed by atoms with Crippen LogP contribution in [-0.4, -0.2) is 41.1 Å². The molecule has 1 heterocycles. The van der Waals surface area contributed by atoms with Crippen LogP contribution in [0.25, 0.3) is 0 Å². The number of carbonyl (C=O) groups is 2. The summed E-state index contributed by atoms with van der Waals surface area (Å²) >= 11 is 0. The highest BCUT2D eigenvalue weighted by Gasteiger charge is 2.44. The second kappa shape index (κ2) is 10.5. The number of rotatable bonds is 8. The Bertz CT molecular complexity index is 810. The van der Waals surface area contributed by atoms with Crippen molar-refractivity contribution in [2.45, 2.75) is 111 Å². The Balaban J connectivity index is 1.75. The average Bonchev–Trinajstić information content (AvgIpc) is 2.71. The quantitative estimate of drug-likeness (QED) is 0.439. The van der Waals surface area contributed by atoms with Crippen molar-refractivity contribution in [2.24, 2.45) is 29.1 Å². The summed E-state index contributed by atoms with van der Waals surface area (Å²) in [7, 11) is 0. The van der Waals surface area contributed by atoms with Crippen LogP contribution in [0, 0.1) is 29.1 Å². The minimum absolute atomic E-state index is 0.00943. The van der Waals surface area contributed by atoms with Crippen molar-refractivity contribution in [3.05, 3.63) is 23.8 Å². The van der Waals surface area contributed by atoms with Gasteiger partial charge in [-0.2, -0.15) is 0 Å². The summed E-state index contributed by atoms with van der Waals surface area (Å²) in [6.45, 7) is 14.1. The second-order valence-electron chi connectivity index (χ2n) is 11.8. The zero-order valence-electron chi connectivity index (χ0n) is 22.0. The number of ether oxygens (including phenoxy) is 3. The third-order valence-corrected chi connectivity index (χ3v) is 7.94. The lowest BCUT2D eigenvalue weighted by atomic mass is 9.65. The van der Waals surface area contributed by atoms with Crippen LogP contribution < -0.4 is 0 Å². The fraction of sp³-hybridized carbons (Fsp3) is 0.786. The van der Waals surface area contributed by atoms with Crippen molar-refractivity contribution in [3.63, 3.8) is 0 Å². The molecule has 1 saturated heterocycles. The monoisotopic (exact) mass is 476 g/mol. The van der Waals surface area contributed by atoms with Gasteiger partial charge in [0.2, 0.25) is 0 Å². The lowest BCUT2D eigenvalue weighted by molar-refractivity contribution is -0.301. The Morgan fingerprint density at radius 3 is 2.47 bits per heavy atom. The van der Waals surface area contributed by atoms with Gasteiger partial charge in [-0.3, -0.25) is 9.59 Å². The molecule has 0 bridgehead atoms. The van der Waals surface area contributed by atoms with Gasteiger partial charge in [-0.15, -0.1) is 0 Å². The molecule has 0 aromatic rings. The molecule has 3 aliphatic rings. The van der Waals surface area contributed by atoms with Crippen LogP contribution in [0.15, 0.2) is 23.8 Å². The molecule has 6 heteroatoms. The van der Waals surface area contributed by atoms with E-state index in [2.05, 4.69) is 32.1 Å². The van der Waals surface area contributed by atoms with E-state index in [1.54, 1.807) is 0 Å². The van der Waals surface area contributed by atoms with Gasteiger partial charge >= 0.3 is 11.9 Å². The van der Waals surface area contributed by atoms with Crippen LogP contribution in [0.4, 0.5) is 0 Å². The minimum Gasteiger partial charge on any atom is -0.481 e. The number of hydrogen-bond acceptors (Lipinski definition) is 5. The van der Waals surface area contributed by atoms with Crippen molar-refractivity contribution >= 4 is 11.9 Å². The first kappa shape index (κ1) is 26.9. The summed E-state index contributed by atoms with van der Waals surface area (Å²) in [5, 5.41) is 9.24. The van der Waals surface area contributed by atoms with E-state index in [0.717, 1.165) is 25.7 Å². The molecule has 0 radical (unpaired) electrons. The zero-order chi connectivity index (χ0) is 25.3. The highest BCUT2D eigenvalue weighted by molar-refractivity contribution is 5.76. The summed E-state index contributed by atoms with van der Waals surface area (Å²) in [6, 6.07) is 0. The molecule has 0 aromatic carbocycles. The molecule has 7 atom stereocenters. The van der Waals surface area contributed by atoms with Crippen molar-refractivity contribution in [2.75, 3.05) is 0 Å². The Hall–Kier alpha value is -1.66. The fourth-order valence-electron chi connectivity index (χ4n) is 5.76. The van der Waals surface area contributed by atoms with Crippen molar-refractivity contribution < 1.29 is 28.9 Å². The molecule has 1 N–H and O–H groups in total. The van der Waals surface area contributed by atoms with Gasteiger partial charge in [0.1, 0.15) is 6.10 Å². The Kier molecular flexibility index (Phi) is 8.34. The maximum Gasteiger partial charge on any atom is 0.311 e. The van der Waals surface area contributed by atoms with Gasteiger partial charge in [-0.05, 0) is 76.7 Å². The Labute approximate surface area is 205 Å². The largest absolute Gasteiger partial charge is 0.481 e. The number of allylic oxidation sites excluding steroid dienone is 3. The topological polar surface area (TPSA) is 82.1 Å². The third kappa shape index (κ3) is 6.51. The number of carboxylic acids is 1. The van der Waals surface area contributed by atoms with Gasteiger partial charge in [0.25, 0.3) is 0 Å². The van der Waals surface area contributed by atoms with E-state index < -0.39 is 17.2 Å². The zero-order valence-corrected chi connectivity index (χ0v) is 22.0. The Morgan fingerprint density at radius 2 is 1.82 bits per heavy atom. The lowest BCUT2D eigenvalue weighted by Crippen LogP contribution is -2.46. The van der Waals surface area contributed by atoms with Crippen LogP contribution in [0.3, 0.4) is 0 Å². The molecule has 34 heavy (non-hydrogen) atoms. The first-order valence-corrected chi connectivity index (χ1v) is 13.0. The molecule has 1 aliphatic heterocycles. The molecule has 0 saturated carbocycles. The molecule has 0 aromatic heterocycles. The standard InChI is InChI=1S/C28H44O6/c1-8-27(4,5)26(31)32-23-14-17(2)13-19-10-9-18(3)22(25(19)23)12-11-20-15-21(16-24(29)30)34-28(6,7)33-20/h9-10,13,17-18,20-23,25H,8,11-12,14-16H2,1-7H3,(H,29,30)/t17-,18-,20+,21+,22-,23-,25?/m0/s1. The minimum atomic E-state index is -0.849. The molecule has 6 nitrogen and oxygen atoms in total. The van der Waals surface area contributed by atoms with Gasteiger partial charge in [0, 0.05) is 12.3 Å². The van der Waals surface area contributed by atoms with Crippen LogP contribution in [0.2, 0.25) is 0 Å². The summed E-state index contributed by atoms with van der Waals surface area (Å²) in [5.41, 5.74) is 0.794. The molecule has 192 valence electrons. The van der Waals surface area contributed by atoms with E-state index in [9.17, 15) is 14.7 Å². The maximum absolute atomic E-state index is 13.0. The molecule has 1 unspecified atom stereocenters. The Morgan fingerprint density at radius 1 is 1.15 bits per heavy atom. The van der Waals surface area contributed by atoms with E-state index in [4.69, 9.17) is 14.2 Å². The summed E-state index contributed by atoms with van der Waals surface area (Å²) in [6.07, 6.45) is 10.2. The predicted molar refractivity (Wildman–Crippen MR) is 131 cm³/mol. The number of fused-ring (bicyclic) bond motifs is 1. The highest BCUT2D eigenvalue weighted by atomic mass is 16.7. The van der Waals surface area contributed by atoms with E-state index in [-0.39, 0.29) is 36.6 Å². The van der Waals surface area contributed by atoms with Crippen molar-refractivity contribution in [3.8, 4) is 0 Å². The predicted octanol–water partition coefficient (Wildman–Crippen LogP) is 5.90. The van der Waals surface area contributed by atoms with Crippen molar-refractivity contribution in [1.82, 2.24) is 0 Å². The SMILES string of the molecule is CCC(C)(C)C(=O)O[C@H]1C[C@@H](C)C=C2C=C[C@H](C)[C@H](CC[C@@H]3C[C@H](CC(=O)O)OC(C)(C)O3)C21. The lowest BCUT2D eigenvalue weighted by Gasteiger charge is -2.45. The van der Waals surface area contributed by atoms with Crippen LogP contribution in [0.1, 0.15) is 87.0 Å². The summed E-state index contributed by atoms with van der Waals surface area (Å²) in [5.74, 6) is -0.522. The number of carboxylic acid groups (broad SMARTS) is 1.